The maximum atomic E-state index is 2.60. The lowest BCUT2D eigenvalue weighted by Crippen LogP contribution is -2.26. The Morgan fingerprint density at radius 2 is 0.905 bits per heavy atom. The molecule has 1 heteroatoms. The van der Waals surface area contributed by atoms with Gasteiger partial charge in [-0.25, -0.2) is 0 Å². The van der Waals surface area contributed by atoms with Gasteiger partial charge in [-0.05, 0) is 137 Å². The summed E-state index contributed by atoms with van der Waals surface area (Å²) in [5, 5.41) is 0. The number of benzene rings is 9. The molecule has 9 aromatic carbocycles. The topological polar surface area (TPSA) is 3.24 Å². The largest absolute Gasteiger partial charge is 0.309 e. The number of hydrogen-bond donors (Lipinski definition) is 0. The number of hydrogen-bond acceptors (Lipinski definition) is 1. The van der Waals surface area contributed by atoms with Crippen LogP contribution in [0.2, 0.25) is 0 Å². The van der Waals surface area contributed by atoms with E-state index in [1.807, 2.05) is 0 Å². The smallest absolute Gasteiger partial charge is 0.0734 e. The van der Waals surface area contributed by atoms with Gasteiger partial charge in [-0.1, -0.05) is 188 Å². The van der Waals surface area contributed by atoms with Crippen molar-refractivity contribution >= 4 is 28.2 Å². The Hall–Kier alpha value is -7.74. The summed E-state index contributed by atoms with van der Waals surface area (Å²) < 4.78 is 0. The summed E-state index contributed by atoms with van der Waals surface area (Å²) in [5.41, 5.74) is 30.2. The molecule has 2 spiro atoms. The van der Waals surface area contributed by atoms with E-state index in [1.54, 1.807) is 0 Å². The van der Waals surface area contributed by atoms with Gasteiger partial charge in [0.05, 0.1) is 22.2 Å². The standard InChI is InChI=1S/C62H39N/c1-2-17-38(18-3-1)40-19-8-13-33-56(40)63(57-34-16-32-54-58(57)49-23-7-12-31-53(49)61(54)50-28-9-4-20-41(50)42-21-5-10-29-51(42)61)39-35-36-44-46-25-15-27-48-47-26-14-24-45-43-22-6-11-30-52(43)62(59(45)47,60(46)48)55(44)37-39/h1-13,15-23,25-37H,14,24H2. The zero-order valence-electron chi connectivity index (χ0n) is 34.6. The van der Waals surface area contributed by atoms with E-state index in [2.05, 4.69) is 217 Å². The minimum absolute atomic E-state index is 0.341. The second kappa shape index (κ2) is 12.0. The first-order valence-electron chi connectivity index (χ1n) is 22.5. The van der Waals surface area contributed by atoms with Gasteiger partial charge in [0, 0.05) is 16.8 Å². The van der Waals surface area contributed by atoms with E-state index in [4.69, 9.17) is 0 Å². The third-order valence-electron chi connectivity index (χ3n) is 15.5. The van der Waals surface area contributed by atoms with Crippen molar-refractivity contribution in [1.82, 2.24) is 0 Å². The second-order valence-electron chi connectivity index (χ2n) is 18.1. The predicted molar refractivity (Wildman–Crippen MR) is 259 cm³/mol. The van der Waals surface area contributed by atoms with Crippen LogP contribution in [0, 0.1) is 0 Å². The van der Waals surface area contributed by atoms with Crippen molar-refractivity contribution in [3.8, 4) is 44.5 Å². The minimum atomic E-state index is -0.446. The van der Waals surface area contributed by atoms with Crippen LogP contribution in [-0.4, -0.2) is 0 Å². The fourth-order valence-electron chi connectivity index (χ4n) is 13.4. The molecule has 6 aliphatic carbocycles. The van der Waals surface area contributed by atoms with E-state index < -0.39 is 5.41 Å². The summed E-state index contributed by atoms with van der Waals surface area (Å²) in [5.74, 6) is 0. The van der Waals surface area contributed by atoms with Crippen molar-refractivity contribution in [2.24, 2.45) is 0 Å². The molecular weight excluding hydrogens is 759 g/mol. The molecule has 0 aromatic heterocycles. The van der Waals surface area contributed by atoms with Gasteiger partial charge in [-0.15, -0.1) is 0 Å². The van der Waals surface area contributed by atoms with E-state index in [-0.39, 0.29) is 5.41 Å². The summed E-state index contributed by atoms with van der Waals surface area (Å²) in [6, 6.07) is 78.4. The Labute approximate surface area is 367 Å². The highest BCUT2D eigenvalue weighted by atomic mass is 15.1. The minimum Gasteiger partial charge on any atom is -0.309 e. The molecule has 1 unspecified atom stereocenters. The fourth-order valence-corrected chi connectivity index (χ4v) is 13.4. The number of para-hydroxylation sites is 1. The Bertz CT molecular complexity index is 3540. The van der Waals surface area contributed by atoms with Gasteiger partial charge in [0.15, 0.2) is 0 Å². The normalized spacial score (nSPS) is 17.6. The summed E-state index contributed by atoms with van der Waals surface area (Å²) >= 11 is 0. The highest BCUT2D eigenvalue weighted by molar-refractivity contribution is 6.12. The molecule has 0 heterocycles. The van der Waals surface area contributed by atoms with E-state index >= 15 is 0 Å². The van der Waals surface area contributed by atoms with Crippen LogP contribution in [0.15, 0.2) is 218 Å². The lowest BCUT2D eigenvalue weighted by atomic mass is 9.70. The van der Waals surface area contributed by atoms with E-state index in [0.717, 1.165) is 18.5 Å². The first-order valence-corrected chi connectivity index (χ1v) is 22.5. The quantitative estimate of drug-likeness (QED) is 0.171. The molecule has 292 valence electrons. The summed E-state index contributed by atoms with van der Waals surface area (Å²) in [4.78, 5) is 2.60. The maximum absolute atomic E-state index is 2.60. The van der Waals surface area contributed by atoms with Gasteiger partial charge in [0.25, 0.3) is 0 Å². The zero-order valence-corrected chi connectivity index (χ0v) is 34.6. The average molecular weight is 798 g/mol. The van der Waals surface area contributed by atoms with Crippen LogP contribution in [0.4, 0.5) is 17.1 Å². The number of rotatable bonds is 4. The second-order valence-corrected chi connectivity index (χ2v) is 18.1. The van der Waals surface area contributed by atoms with Crippen molar-refractivity contribution < 1.29 is 0 Å². The van der Waals surface area contributed by atoms with E-state index in [1.165, 1.54) is 123 Å². The molecule has 0 aliphatic heterocycles. The first-order chi connectivity index (χ1) is 31.3. The van der Waals surface area contributed by atoms with Crippen molar-refractivity contribution in [3.63, 3.8) is 0 Å². The molecule has 0 saturated carbocycles. The molecule has 6 aliphatic rings. The Morgan fingerprint density at radius 3 is 1.67 bits per heavy atom. The van der Waals surface area contributed by atoms with Crippen LogP contribution >= 0.6 is 0 Å². The van der Waals surface area contributed by atoms with Crippen LogP contribution in [0.25, 0.3) is 55.7 Å². The van der Waals surface area contributed by atoms with Crippen molar-refractivity contribution in [3.05, 3.63) is 268 Å². The summed E-state index contributed by atoms with van der Waals surface area (Å²) in [7, 11) is 0. The van der Waals surface area contributed by atoms with E-state index in [0.29, 0.717) is 0 Å². The lowest BCUT2D eigenvalue weighted by Gasteiger charge is -2.33. The highest BCUT2D eigenvalue weighted by Crippen LogP contribution is 2.72. The molecule has 0 fully saturated rings. The third-order valence-corrected chi connectivity index (χ3v) is 15.5. The summed E-state index contributed by atoms with van der Waals surface area (Å²) in [6.45, 7) is 0. The van der Waals surface area contributed by atoms with Gasteiger partial charge < -0.3 is 4.90 Å². The van der Waals surface area contributed by atoms with Crippen LogP contribution in [-0.2, 0) is 10.8 Å². The van der Waals surface area contributed by atoms with Crippen LogP contribution < -0.4 is 4.90 Å². The first kappa shape index (κ1) is 33.9. The molecule has 1 nitrogen and oxygen atoms in total. The third kappa shape index (κ3) is 3.93. The fraction of sp³-hybridized carbons (Fsp3) is 0.0645. The number of fused-ring (bicyclic) bond motifs is 15. The monoisotopic (exact) mass is 797 g/mol. The van der Waals surface area contributed by atoms with Crippen molar-refractivity contribution in [1.29, 1.82) is 0 Å². The molecule has 0 radical (unpaired) electrons. The van der Waals surface area contributed by atoms with Crippen LogP contribution in [0.1, 0.15) is 62.9 Å². The number of anilines is 3. The number of allylic oxidation sites excluding steroid dienone is 4. The van der Waals surface area contributed by atoms with Gasteiger partial charge in [0.1, 0.15) is 0 Å². The van der Waals surface area contributed by atoms with Gasteiger partial charge in [0.2, 0.25) is 0 Å². The molecule has 63 heavy (non-hydrogen) atoms. The number of nitrogens with zero attached hydrogens (tertiary/aromatic N) is 1. The maximum Gasteiger partial charge on any atom is 0.0734 e. The molecule has 0 saturated heterocycles. The van der Waals surface area contributed by atoms with Gasteiger partial charge in [-0.2, -0.15) is 0 Å². The van der Waals surface area contributed by atoms with Crippen LogP contribution in [0.5, 0.6) is 0 Å². The molecule has 0 bridgehead atoms. The van der Waals surface area contributed by atoms with Gasteiger partial charge >= 0.3 is 0 Å². The Kier molecular flexibility index (Phi) is 6.46. The van der Waals surface area contributed by atoms with Crippen molar-refractivity contribution in [2.45, 2.75) is 23.7 Å². The van der Waals surface area contributed by atoms with Crippen LogP contribution in [0.3, 0.4) is 0 Å². The highest BCUT2D eigenvalue weighted by Gasteiger charge is 2.59. The van der Waals surface area contributed by atoms with Gasteiger partial charge in [-0.3, -0.25) is 0 Å². The van der Waals surface area contributed by atoms with Crippen molar-refractivity contribution in [2.75, 3.05) is 4.90 Å². The molecule has 15 rings (SSSR count). The van der Waals surface area contributed by atoms with E-state index in [9.17, 15) is 0 Å². The Morgan fingerprint density at radius 1 is 0.365 bits per heavy atom. The Balaban J connectivity index is 1.05. The average Bonchev–Trinajstić information content (AvgIpc) is 4.11. The molecule has 0 amide bonds. The molecule has 9 aromatic rings. The molecule has 1 atom stereocenters. The lowest BCUT2D eigenvalue weighted by molar-refractivity contribution is 0.793. The zero-order chi connectivity index (χ0) is 41.0. The summed E-state index contributed by atoms with van der Waals surface area (Å²) in [6.07, 6.45) is 4.69. The SMILES string of the molecule is C1=C2C3=C(CC1)c1ccccc1C31c3cc(N(c4ccccc4-c4ccccc4)c4cccc5c4-c4ccccc4C54c5ccccc5-c5ccccc54)ccc3-c3cccc2c31. The molecule has 0 N–H and O–H groups in total. The predicted octanol–water partition coefficient (Wildman–Crippen LogP) is 15.4. The molecular formula is C62H39N.